The van der Waals surface area contributed by atoms with E-state index < -0.39 is 0 Å². The van der Waals surface area contributed by atoms with Gasteiger partial charge in [0.15, 0.2) is 5.82 Å². The van der Waals surface area contributed by atoms with Gasteiger partial charge in [-0.15, -0.1) is 0 Å². The fourth-order valence-corrected chi connectivity index (χ4v) is 2.51. The van der Waals surface area contributed by atoms with E-state index in [0.29, 0.717) is 23.0 Å². The van der Waals surface area contributed by atoms with Crippen molar-refractivity contribution in [3.8, 4) is 28.8 Å². The lowest BCUT2D eigenvalue weighted by molar-refractivity contribution is 0.0939. The number of rotatable bonds is 7. The van der Waals surface area contributed by atoms with Gasteiger partial charge < -0.3 is 14.8 Å². The summed E-state index contributed by atoms with van der Waals surface area (Å²) in [5.41, 5.74) is 1.32. The average molecular weight is 377 g/mol. The number of nitrogens with zero attached hydrogens (tertiary/aromatic N) is 2. The third-order valence-corrected chi connectivity index (χ3v) is 4.28. The first kappa shape index (κ1) is 19.4. The third kappa shape index (κ3) is 4.85. The van der Waals surface area contributed by atoms with Crippen LogP contribution >= 0.6 is 0 Å². The number of nitrogens with one attached hydrogen (secondary N) is 1. The number of carbonyl (C=O) groups excluding carboxylic acids is 1. The molecule has 0 saturated heterocycles. The van der Waals surface area contributed by atoms with Crippen molar-refractivity contribution in [1.29, 1.82) is 0 Å². The Morgan fingerprint density at radius 1 is 1.11 bits per heavy atom. The summed E-state index contributed by atoms with van der Waals surface area (Å²) in [5.74, 6) is 2.20. The van der Waals surface area contributed by atoms with Gasteiger partial charge in [0.25, 0.3) is 5.91 Å². The molecule has 1 heterocycles. The molecule has 1 aromatic heterocycles. The molecule has 0 radical (unpaired) electrons. The molecule has 6 heteroatoms. The Kier molecular flexibility index (Phi) is 6.22. The van der Waals surface area contributed by atoms with E-state index in [1.165, 1.54) is 0 Å². The second-order valence-corrected chi connectivity index (χ2v) is 6.36. The molecule has 144 valence electrons. The maximum atomic E-state index is 12.4. The summed E-state index contributed by atoms with van der Waals surface area (Å²) < 4.78 is 10.9. The number of aromatic nitrogens is 2. The predicted octanol–water partition coefficient (Wildman–Crippen LogP) is 4.47. The van der Waals surface area contributed by atoms with Crippen LogP contribution in [-0.4, -0.2) is 29.0 Å². The van der Waals surface area contributed by atoms with Crippen LogP contribution in [0.25, 0.3) is 11.4 Å². The van der Waals surface area contributed by atoms with Crippen LogP contribution < -0.4 is 14.8 Å². The summed E-state index contributed by atoms with van der Waals surface area (Å²) in [4.78, 5) is 21.1. The Morgan fingerprint density at radius 2 is 1.86 bits per heavy atom. The maximum absolute atomic E-state index is 12.4. The Bertz CT molecular complexity index is 942. The molecule has 1 N–H and O–H groups in total. The van der Waals surface area contributed by atoms with Crippen LogP contribution in [0.15, 0.2) is 60.8 Å². The number of hydrogen-bond acceptors (Lipinski definition) is 5. The van der Waals surface area contributed by atoms with Crippen LogP contribution in [-0.2, 0) is 0 Å². The van der Waals surface area contributed by atoms with E-state index in [0.717, 1.165) is 17.7 Å². The van der Waals surface area contributed by atoms with Crippen LogP contribution in [0.4, 0.5) is 0 Å². The van der Waals surface area contributed by atoms with Crippen LogP contribution in [0, 0.1) is 0 Å². The normalized spacial score (nSPS) is 11.5. The van der Waals surface area contributed by atoms with Gasteiger partial charge in [-0.25, -0.2) is 4.98 Å². The SMILES string of the molecule is CCC(C)NC(=O)c1cccc(-c2nccc(Oc3ccc(OC)cc3)n2)c1. The number of carbonyl (C=O) groups is 1. The van der Waals surface area contributed by atoms with Crippen molar-refractivity contribution in [1.82, 2.24) is 15.3 Å². The van der Waals surface area contributed by atoms with Gasteiger partial charge in [-0.2, -0.15) is 4.98 Å². The van der Waals surface area contributed by atoms with E-state index in [4.69, 9.17) is 9.47 Å². The van der Waals surface area contributed by atoms with E-state index in [1.54, 1.807) is 43.6 Å². The molecular formula is C22H23N3O3. The summed E-state index contributed by atoms with van der Waals surface area (Å²) in [6, 6.07) is 16.3. The van der Waals surface area contributed by atoms with Gasteiger partial charge in [0.2, 0.25) is 5.88 Å². The molecule has 1 amide bonds. The molecule has 1 unspecified atom stereocenters. The highest BCUT2D eigenvalue weighted by Crippen LogP contribution is 2.24. The summed E-state index contributed by atoms with van der Waals surface area (Å²) in [6.45, 7) is 4.01. The lowest BCUT2D eigenvalue weighted by atomic mass is 10.1. The van der Waals surface area contributed by atoms with Crippen molar-refractivity contribution in [2.24, 2.45) is 0 Å². The lowest BCUT2D eigenvalue weighted by Crippen LogP contribution is -2.31. The van der Waals surface area contributed by atoms with Crippen molar-refractivity contribution >= 4 is 5.91 Å². The van der Waals surface area contributed by atoms with Crippen molar-refractivity contribution in [3.63, 3.8) is 0 Å². The molecule has 0 fully saturated rings. The van der Waals surface area contributed by atoms with Crippen LogP contribution in [0.2, 0.25) is 0 Å². The zero-order valence-corrected chi connectivity index (χ0v) is 16.2. The summed E-state index contributed by atoms with van der Waals surface area (Å²) in [6.07, 6.45) is 2.51. The molecule has 0 aliphatic rings. The molecule has 3 rings (SSSR count). The Balaban J connectivity index is 1.79. The molecule has 0 saturated carbocycles. The number of hydrogen-bond donors (Lipinski definition) is 1. The zero-order valence-electron chi connectivity index (χ0n) is 16.2. The molecule has 0 aliphatic heterocycles. The minimum absolute atomic E-state index is 0.109. The smallest absolute Gasteiger partial charge is 0.251 e. The topological polar surface area (TPSA) is 73.3 Å². The van der Waals surface area contributed by atoms with Crippen LogP contribution in [0.5, 0.6) is 17.4 Å². The van der Waals surface area contributed by atoms with Gasteiger partial charge in [-0.05, 0) is 49.7 Å². The Hall–Kier alpha value is -3.41. The summed E-state index contributed by atoms with van der Waals surface area (Å²) >= 11 is 0. The average Bonchev–Trinajstić information content (AvgIpc) is 2.74. The number of benzene rings is 2. The highest BCUT2D eigenvalue weighted by molar-refractivity contribution is 5.95. The minimum atomic E-state index is -0.109. The molecule has 3 aromatic rings. The van der Waals surface area contributed by atoms with Crippen molar-refractivity contribution in [3.05, 3.63) is 66.4 Å². The molecule has 1 atom stereocenters. The van der Waals surface area contributed by atoms with Crippen molar-refractivity contribution in [2.45, 2.75) is 26.3 Å². The minimum Gasteiger partial charge on any atom is -0.497 e. The first-order valence-corrected chi connectivity index (χ1v) is 9.15. The molecular weight excluding hydrogens is 354 g/mol. The Morgan fingerprint density at radius 3 is 2.57 bits per heavy atom. The van der Waals surface area contributed by atoms with Gasteiger partial charge in [-0.1, -0.05) is 19.1 Å². The zero-order chi connectivity index (χ0) is 19.9. The highest BCUT2D eigenvalue weighted by atomic mass is 16.5. The van der Waals surface area contributed by atoms with Crippen molar-refractivity contribution < 1.29 is 14.3 Å². The standard InChI is InChI=1S/C22H23N3O3/c1-4-15(2)24-22(26)17-7-5-6-16(14-17)21-23-13-12-20(25-21)28-19-10-8-18(27-3)9-11-19/h5-15H,4H2,1-3H3,(H,24,26). The largest absolute Gasteiger partial charge is 0.497 e. The van der Waals surface area contributed by atoms with Gasteiger partial charge >= 0.3 is 0 Å². The van der Waals surface area contributed by atoms with Gasteiger partial charge in [-0.3, -0.25) is 4.79 Å². The monoisotopic (exact) mass is 377 g/mol. The van der Waals surface area contributed by atoms with Crippen molar-refractivity contribution in [2.75, 3.05) is 7.11 Å². The summed E-state index contributed by atoms with van der Waals surface area (Å²) in [7, 11) is 1.61. The van der Waals surface area contributed by atoms with Gasteiger partial charge in [0.1, 0.15) is 11.5 Å². The summed E-state index contributed by atoms with van der Waals surface area (Å²) in [5, 5.41) is 2.96. The fraction of sp³-hybridized carbons (Fsp3) is 0.227. The predicted molar refractivity (Wildman–Crippen MR) is 108 cm³/mol. The first-order chi connectivity index (χ1) is 13.6. The number of amides is 1. The first-order valence-electron chi connectivity index (χ1n) is 9.15. The van der Waals surface area contributed by atoms with E-state index in [2.05, 4.69) is 15.3 Å². The number of methoxy groups -OCH3 is 1. The highest BCUT2D eigenvalue weighted by Gasteiger charge is 2.11. The lowest BCUT2D eigenvalue weighted by Gasteiger charge is -2.12. The molecule has 0 bridgehead atoms. The Labute approximate surface area is 164 Å². The van der Waals surface area contributed by atoms with E-state index in [1.807, 2.05) is 38.1 Å². The van der Waals surface area contributed by atoms with E-state index in [-0.39, 0.29) is 11.9 Å². The second-order valence-electron chi connectivity index (χ2n) is 6.36. The maximum Gasteiger partial charge on any atom is 0.251 e. The third-order valence-electron chi connectivity index (χ3n) is 4.28. The molecule has 2 aromatic carbocycles. The van der Waals surface area contributed by atoms with Crippen LogP contribution in [0.1, 0.15) is 30.6 Å². The molecule has 28 heavy (non-hydrogen) atoms. The fourth-order valence-electron chi connectivity index (χ4n) is 2.51. The van der Waals surface area contributed by atoms with E-state index in [9.17, 15) is 4.79 Å². The van der Waals surface area contributed by atoms with Crippen LogP contribution in [0.3, 0.4) is 0 Å². The van der Waals surface area contributed by atoms with Gasteiger partial charge in [0, 0.05) is 29.4 Å². The quantitative estimate of drug-likeness (QED) is 0.657. The molecule has 6 nitrogen and oxygen atoms in total. The molecule has 0 spiro atoms. The second kappa shape index (κ2) is 8.99. The van der Waals surface area contributed by atoms with E-state index >= 15 is 0 Å². The van der Waals surface area contributed by atoms with Gasteiger partial charge in [0.05, 0.1) is 7.11 Å². The molecule has 0 aliphatic carbocycles. The number of ether oxygens (including phenoxy) is 2.